The number of methoxy groups -OCH3 is 2. The van der Waals surface area contributed by atoms with Gasteiger partial charge >= 0.3 is 5.97 Å². The van der Waals surface area contributed by atoms with Gasteiger partial charge < -0.3 is 14.8 Å². The number of anilines is 1. The van der Waals surface area contributed by atoms with Gasteiger partial charge in [0.1, 0.15) is 11.6 Å². The molecule has 0 bridgehead atoms. The second-order valence-electron chi connectivity index (χ2n) is 4.60. The molecule has 1 rings (SSSR count). The van der Waals surface area contributed by atoms with Crippen molar-refractivity contribution in [2.45, 2.75) is 13.8 Å². The van der Waals surface area contributed by atoms with E-state index in [-0.39, 0.29) is 23.6 Å². The number of hydrogen-bond acceptors (Lipinski definition) is 4. The van der Waals surface area contributed by atoms with Crippen molar-refractivity contribution in [3.63, 3.8) is 0 Å². The van der Waals surface area contributed by atoms with E-state index in [2.05, 4.69) is 5.32 Å². The van der Waals surface area contributed by atoms with Crippen molar-refractivity contribution in [2.24, 2.45) is 11.8 Å². The molecule has 19 heavy (non-hydrogen) atoms. The van der Waals surface area contributed by atoms with Gasteiger partial charge in [0.15, 0.2) is 0 Å². The lowest BCUT2D eigenvalue weighted by molar-refractivity contribution is -0.146. The number of esters is 1. The van der Waals surface area contributed by atoms with Crippen molar-refractivity contribution in [3.05, 3.63) is 24.0 Å². The van der Waals surface area contributed by atoms with Gasteiger partial charge in [-0.15, -0.1) is 0 Å². The first kappa shape index (κ1) is 15.3. The van der Waals surface area contributed by atoms with Crippen LogP contribution in [0.3, 0.4) is 0 Å². The second kappa shape index (κ2) is 6.97. The quantitative estimate of drug-likeness (QED) is 0.807. The fourth-order valence-electron chi connectivity index (χ4n) is 1.78. The van der Waals surface area contributed by atoms with Gasteiger partial charge in [-0.05, 0) is 18.1 Å². The van der Waals surface area contributed by atoms with Crippen molar-refractivity contribution < 1.29 is 18.7 Å². The third-order valence-corrected chi connectivity index (χ3v) is 2.98. The van der Waals surface area contributed by atoms with Crippen molar-refractivity contribution in [3.8, 4) is 5.75 Å². The first-order chi connectivity index (χ1) is 8.99. The molecule has 0 saturated heterocycles. The number of hydrogen-bond donors (Lipinski definition) is 1. The highest BCUT2D eigenvalue weighted by Gasteiger charge is 2.23. The van der Waals surface area contributed by atoms with E-state index in [4.69, 9.17) is 9.47 Å². The molecular formula is C14H20FNO3. The minimum atomic E-state index is -0.359. The van der Waals surface area contributed by atoms with Crippen LogP contribution >= 0.6 is 0 Å². The van der Waals surface area contributed by atoms with Crippen molar-refractivity contribution in [1.29, 1.82) is 0 Å². The Morgan fingerprint density at radius 2 is 2.05 bits per heavy atom. The summed E-state index contributed by atoms with van der Waals surface area (Å²) in [6.45, 7) is 4.24. The van der Waals surface area contributed by atoms with Crippen molar-refractivity contribution in [1.82, 2.24) is 0 Å². The number of rotatable bonds is 6. The van der Waals surface area contributed by atoms with E-state index in [0.717, 1.165) is 0 Å². The monoisotopic (exact) mass is 269 g/mol. The smallest absolute Gasteiger partial charge is 0.310 e. The van der Waals surface area contributed by atoms with Crippen LogP contribution in [0.25, 0.3) is 0 Å². The summed E-state index contributed by atoms with van der Waals surface area (Å²) in [5, 5.41) is 3.04. The highest BCUT2D eigenvalue weighted by molar-refractivity contribution is 5.73. The fraction of sp³-hybridized carbons (Fsp3) is 0.500. The molecule has 0 spiro atoms. The average molecular weight is 269 g/mol. The van der Waals surface area contributed by atoms with Gasteiger partial charge in [0.05, 0.1) is 25.8 Å². The Labute approximate surface area is 112 Å². The molecule has 4 nitrogen and oxygen atoms in total. The lowest BCUT2D eigenvalue weighted by Crippen LogP contribution is -2.29. The largest absolute Gasteiger partial charge is 0.495 e. The second-order valence-corrected chi connectivity index (χ2v) is 4.60. The Morgan fingerprint density at radius 1 is 1.37 bits per heavy atom. The number of benzene rings is 1. The van der Waals surface area contributed by atoms with Crippen LogP contribution in [0.2, 0.25) is 0 Å². The fourth-order valence-corrected chi connectivity index (χ4v) is 1.78. The van der Waals surface area contributed by atoms with E-state index < -0.39 is 0 Å². The van der Waals surface area contributed by atoms with E-state index in [1.54, 1.807) is 6.07 Å². The van der Waals surface area contributed by atoms with Crippen LogP contribution in [0.4, 0.5) is 10.1 Å². The van der Waals surface area contributed by atoms with Gasteiger partial charge in [-0.25, -0.2) is 4.39 Å². The molecule has 106 valence electrons. The highest BCUT2D eigenvalue weighted by Crippen LogP contribution is 2.25. The van der Waals surface area contributed by atoms with Crippen LogP contribution in [-0.4, -0.2) is 26.7 Å². The lowest BCUT2D eigenvalue weighted by Gasteiger charge is -2.20. The van der Waals surface area contributed by atoms with Gasteiger partial charge in [-0.3, -0.25) is 4.79 Å². The molecule has 0 aromatic heterocycles. The molecule has 1 aromatic rings. The van der Waals surface area contributed by atoms with Crippen LogP contribution < -0.4 is 10.1 Å². The normalized spacial score (nSPS) is 12.1. The lowest BCUT2D eigenvalue weighted by atomic mass is 9.96. The van der Waals surface area contributed by atoms with Crippen LogP contribution in [0, 0.1) is 17.7 Å². The maximum Gasteiger partial charge on any atom is 0.310 e. The molecule has 0 aliphatic carbocycles. The number of carbonyl (C=O) groups is 1. The SMILES string of the molecule is COC(=O)C(CNc1cc(F)ccc1OC)C(C)C. The zero-order valence-corrected chi connectivity index (χ0v) is 11.7. The summed E-state index contributed by atoms with van der Waals surface area (Å²) >= 11 is 0. The predicted octanol–water partition coefficient (Wildman–Crippen LogP) is 2.69. The maximum atomic E-state index is 13.2. The first-order valence-corrected chi connectivity index (χ1v) is 6.14. The third kappa shape index (κ3) is 4.12. The molecule has 0 fully saturated rings. The minimum Gasteiger partial charge on any atom is -0.495 e. The molecule has 1 N–H and O–H groups in total. The van der Waals surface area contributed by atoms with E-state index in [1.807, 2.05) is 13.8 Å². The maximum absolute atomic E-state index is 13.2. The first-order valence-electron chi connectivity index (χ1n) is 6.14. The van der Waals surface area contributed by atoms with Gasteiger partial charge in [0, 0.05) is 12.6 Å². The van der Waals surface area contributed by atoms with Crippen LogP contribution in [0.1, 0.15) is 13.8 Å². The summed E-state index contributed by atoms with van der Waals surface area (Å²) in [5.74, 6) is -0.272. The van der Waals surface area contributed by atoms with Gasteiger partial charge in [0.2, 0.25) is 0 Å². The Kier molecular flexibility index (Phi) is 5.60. The summed E-state index contributed by atoms with van der Waals surface area (Å²) in [7, 11) is 2.87. The molecule has 0 saturated carbocycles. The van der Waals surface area contributed by atoms with Gasteiger partial charge in [-0.2, -0.15) is 0 Å². The summed E-state index contributed by atoms with van der Waals surface area (Å²) in [6, 6.07) is 4.21. The zero-order chi connectivity index (χ0) is 14.4. The Bertz CT molecular complexity index is 435. The number of carbonyl (C=O) groups excluding carboxylic acids is 1. The molecule has 0 heterocycles. The minimum absolute atomic E-state index is 0.125. The molecule has 1 unspecified atom stereocenters. The summed E-state index contributed by atoms with van der Waals surface area (Å²) in [4.78, 5) is 11.6. The van der Waals surface area contributed by atoms with E-state index in [1.165, 1.54) is 26.4 Å². The average Bonchev–Trinajstić information content (AvgIpc) is 2.38. The molecular weight excluding hydrogens is 249 g/mol. The molecule has 0 aliphatic rings. The Hall–Kier alpha value is -1.78. The molecule has 0 amide bonds. The summed E-state index contributed by atoms with van der Waals surface area (Å²) in [6.07, 6.45) is 0. The molecule has 0 radical (unpaired) electrons. The molecule has 1 atom stereocenters. The zero-order valence-electron chi connectivity index (χ0n) is 11.7. The molecule has 5 heteroatoms. The van der Waals surface area contributed by atoms with Crippen LogP contribution in [0.5, 0.6) is 5.75 Å². The number of nitrogens with one attached hydrogen (secondary N) is 1. The summed E-state index contributed by atoms with van der Waals surface area (Å²) in [5.41, 5.74) is 0.525. The van der Waals surface area contributed by atoms with Crippen LogP contribution in [0.15, 0.2) is 18.2 Å². The Balaban J connectivity index is 2.79. The molecule has 0 aliphatic heterocycles. The van der Waals surface area contributed by atoms with E-state index in [9.17, 15) is 9.18 Å². The van der Waals surface area contributed by atoms with Gasteiger partial charge in [-0.1, -0.05) is 13.8 Å². The van der Waals surface area contributed by atoms with Crippen molar-refractivity contribution in [2.75, 3.05) is 26.1 Å². The molecule has 1 aromatic carbocycles. The summed E-state index contributed by atoms with van der Waals surface area (Å²) < 4.78 is 23.1. The predicted molar refractivity (Wildman–Crippen MR) is 71.8 cm³/mol. The highest BCUT2D eigenvalue weighted by atomic mass is 19.1. The topological polar surface area (TPSA) is 47.6 Å². The van der Waals surface area contributed by atoms with Gasteiger partial charge in [0.25, 0.3) is 0 Å². The van der Waals surface area contributed by atoms with E-state index in [0.29, 0.717) is 18.0 Å². The Morgan fingerprint density at radius 3 is 2.58 bits per heavy atom. The number of halogens is 1. The number of ether oxygens (including phenoxy) is 2. The van der Waals surface area contributed by atoms with Crippen LogP contribution in [-0.2, 0) is 9.53 Å². The third-order valence-electron chi connectivity index (χ3n) is 2.98. The van der Waals surface area contributed by atoms with E-state index >= 15 is 0 Å². The standard InChI is InChI=1S/C14H20FNO3/c1-9(2)11(14(17)19-4)8-16-12-7-10(15)5-6-13(12)18-3/h5-7,9,11,16H,8H2,1-4H3. The van der Waals surface area contributed by atoms with Crippen molar-refractivity contribution >= 4 is 11.7 Å².